The first-order valence-electron chi connectivity index (χ1n) is 13.9. The molecule has 40 heavy (non-hydrogen) atoms. The first-order chi connectivity index (χ1) is 19.5. The second kappa shape index (κ2) is 11.6. The largest absolute Gasteiger partial charge is 0.0990 e. The van der Waals surface area contributed by atoms with Crippen LogP contribution in [0.5, 0.6) is 0 Å². The van der Waals surface area contributed by atoms with E-state index in [0.717, 1.165) is 11.1 Å². The van der Waals surface area contributed by atoms with E-state index in [2.05, 4.69) is 144 Å². The third kappa shape index (κ3) is 5.01. The predicted molar refractivity (Wildman–Crippen MR) is 179 cm³/mol. The van der Waals surface area contributed by atoms with Crippen LogP contribution in [0.25, 0.3) is 54.9 Å². The molecule has 0 amide bonds. The van der Waals surface area contributed by atoms with Crippen LogP contribution in [0.4, 0.5) is 0 Å². The lowest BCUT2D eigenvalue weighted by Crippen LogP contribution is -1.94. The lowest BCUT2D eigenvalue weighted by atomic mass is 9.83. The molecule has 0 fully saturated rings. The maximum atomic E-state index is 4.07. The highest BCUT2D eigenvalue weighted by atomic mass is 14.2. The number of hydrogen-bond donors (Lipinski definition) is 0. The topological polar surface area (TPSA) is 0 Å². The van der Waals surface area contributed by atoms with Gasteiger partial charge < -0.3 is 0 Å². The summed E-state index contributed by atoms with van der Waals surface area (Å²) in [6, 6.07) is 31.6. The van der Waals surface area contributed by atoms with Crippen molar-refractivity contribution in [2.45, 2.75) is 27.7 Å². The highest BCUT2D eigenvalue weighted by Gasteiger charge is 2.19. The molecule has 0 bridgehead atoms. The van der Waals surface area contributed by atoms with Gasteiger partial charge in [-0.15, -0.1) is 0 Å². The van der Waals surface area contributed by atoms with Gasteiger partial charge >= 0.3 is 0 Å². The summed E-state index contributed by atoms with van der Waals surface area (Å²) < 4.78 is 0. The van der Waals surface area contributed by atoms with Crippen LogP contribution in [-0.4, -0.2) is 0 Å². The summed E-state index contributed by atoms with van der Waals surface area (Å²) in [5.74, 6) is 0. The molecule has 0 aliphatic rings. The minimum Gasteiger partial charge on any atom is -0.0990 e. The van der Waals surface area contributed by atoms with Crippen molar-refractivity contribution in [1.82, 2.24) is 0 Å². The van der Waals surface area contributed by atoms with E-state index in [-0.39, 0.29) is 0 Å². The van der Waals surface area contributed by atoms with Gasteiger partial charge in [0.05, 0.1) is 0 Å². The van der Waals surface area contributed by atoms with E-state index in [1.807, 2.05) is 18.2 Å². The molecule has 0 saturated carbocycles. The van der Waals surface area contributed by atoms with Crippen molar-refractivity contribution < 1.29 is 0 Å². The average molecular weight is 517 g/mol. The van der Waals surface area contributed by atoms with Gasteiger partial charge in [-0.3, -0.25) is 0 Å². The Balaban J connectivity index is 2.00. The summed E-state index contributed by atoms with van der Waals surface area (Å²) in [5, 5.41) is 4.96. The fourth-order valence-electron chi connectivity index (χ4n) is 5.59. The molecule has 0 spiro atoms. The number of rotatable bonds is 7. The van der Waals surface area contributed by atoms with E-state index < -0.39 is 0 Å². The number of hydrogen-bond acceptors (Lipinski definition) is 0. The van der Waals surface area contributed by atoms with Crippen LogP contribution in [0.2, 0.25) is 0 Å². The highest BCUT2D eigenvalue weighted by Crippen LogP contribution is 2.46. The predicted octanol–water partition coefficient (Wildman–Crippen LogP) is 11.7. The van der Waals surface area contributed by atoms with E-state index in [0.29, 0.717) is 0 Å². The van der Waals surface area contributed by atoms with Gasteiger partial charge in [-0.25, -0.2) is 0 Å². The first kappa shape index (κ1) is 26.9. The van der Waals surface area contributed by atoms with Crippen LogP contribution in [0.1, 0.15) is 36.1 Å². The molecule has 0 aliphatic carbocycles. The van der Waals surface area contributed by atoms with Gasteiger partial charge in [0.1, 0.15) is 0 Å². The van der Waals surface area contributed by atoms with E-state index in [1.54, 1.807) is 0 Å². The Hall–Kier alpha value is -4.68. The Bertz CT molecular complexity index is 1820. The van der Waals surface area contributed by atoms with Crippen molar-refractivity contribution in [1.29, 1.82) is 0 Å². The fourth-order valence-corrected chi connectivity index (χ4v) is 5.59. The molecule has 0 radical (unpaired) electrons. The maximum Gasteiger partial charge on any atom is -0.00203 e. The zero-order valence-electron chi connectivity index (χ0n) is 24.0. The molecule has 0 atom stereocenters. The Kier molecular flexibility index (Phi) is 7.80. The SMILES string of the molecule is C=C/C=C(\C=C)c1ccc2c(-c3ccc(C)cc3)c(-c3ccc(C)cc3)c3ccc(C(/C=C\C)=C/C)cc3c2c1. The highest BCUT2D eigenvalue weighted by molar-refractivity contribution is 6.22. The van der Waals surface area contributed by atoms with Crippen molar-refractivity contribution in [3.05, 3.63) is 157 Å². The summed E-state index contributed by atoms with van der Waals surface area (Å²) in [5.41, 5.74) is 12.1. The van der Waals surface area contributed by atoms with E-state index >= 15 is 0 Å². The van der Waals surface area contributed by atoms with Crippen molar-refractivity contribution in [3.63, 3.8) is 0 Å². The molecule has 0 N–H and O–H groups in total. The van der Waals surface area contributed by atoms with Gasteiger partial charge in [0.2, 0.25) is 0 Å². The van der Waals surface area contributed by atoms with Crippen LogP contribution in [0, 0.1) is 13.8 Å². The summed E-state index contributed by atoms with van der Waals surface area (Å²) in [7, 11) is 0. The van der Waals surface area contributed by atoms with Gasteiger partial charge in [0, 0.05) is 0 Å². The summed E-state index contributed by atoms with van der Waals surface area (Å²) >= 11 is 0. The molecular formula is C40H36. The van der Waals surface area contributed by atoms with Crippen LogP contribution in [-0.2, 0) is 0 Å². The molecule has 5 aromatic rings. The fraction of sp³-hybridized carbons (Fsp3) is 0.100. The molecule has 196 valence electrons. The van der Waals surface area contributed by atoms with Crippen molar-refractivity contribution in [3.8, 4) is 22.3 Å². The van der Waals surface area contributed by atoms with Gasteiger partial charge in [0.25, 0.3) is 0 Å². The van der Waals surface area contributed by atoms with Crippen LogP contribution in [0.3, 0.4) is 0 Å². The van der Waals surface area contributed by atoms with Crippen molar-refractivity contribution in [2.75, 3.05) is 0 Å². The lowest BCUT2D eigenvalue weighted by Gasteiger charge is -2.20. The van der Waals surface area contributed by atoms with E-state index in [1.165, 1.54) is 66.1 Å². The standard InChI is InChI=1S/C40H36/c1-7-11-29(9-3)33-21-23-35-37(25-33)38-26-34(30(10-4)12-8-2)22-24-36(38)40(32-19-15-28(6)16-20-32)39(35)31-17-13-27(5)14-18-31/h7-26H,1,3H2,2,4-6H3/b12-8-,29-11+,30-10+. The lowest BCUT2D eigenvalue weighted by molar-refractivity contribution is 1.46. The third-order valence-corrected chi connectivity index (χ3v) is 7.64. The van der Waals surface area contributed by atoms with Gasteiger partial charge in [-0.2, -0.15) is 0 Å². The second-order valence-corrected chi connectivity index (χ2v) is 10.3. The average Bonchev–Trinajstić information content (AvgIpc) is 2.98. The molecule has 0 unspecified atom stereocenters. The summed E-state index contributed by atoms with van der Waals surface area (Å²) in [4.78, 5) is 0. The zero-order valence-corrected chi connectivity index (χ0v) is 24.0. The van der Waals surface area contributed by atoms with Gasteiger partial charge in [0.15, 0.2) is 0 Å². The van der Waals surface area contributed by atoms with Crippen LogP contribution in [0.15, 0.2) is 135 Å². The van der Waals surface area contributed by atoms with E-state index in [9.17, 15) is 0 Å². The molecule has 0 saturated heterocycles. The molecule has 5 aromatic carbocycles. The molecule has 5 rings (SSSR count). The molecule has 0 nitrogen and oxygen atoms in total. The number of allylic oxidation sites excluding steroid dienone is 8. The summed E-state index contributed by atoms with van der Waals surface area (Å²) in [6.07, 6.45) is 12.2. The quantitative estimate of drug-likeness (QED) is 0.149. The maximum absolute atomic E-state index is 4.07. The monoisotopic (exact) mass is 516 g/mol. The number of benzene rings is 5. The van der Waals surface area contributed by atoms with Crippen LogP contribution < -0.4 is 0 Å². The minimum atomic E-state index is 1.06. The third-order valence-electron chi connectivity index (χ3n) is 7.64. The Morgan fingerprint density at radius 1 is 0.575 bits per heavy atom. The Morgan fingerprint density at radius 3 is 1.45 bits per heavy atom. The van der Waals surface area contributed by atoms with Crippen molar-refractivity contribution >= 4 is 32.7 Å². The van der Waals surface area contributed by atoms with Gasteiger partial charge in [-0.05, 0) is 106 Å². The van der Waals surface area contributed by atoms with Gasteiger partial charge in [-0.1, -0.05) is 134 Å². The molecule has 0 aromatic heterocycles. The zero-order chi connectivity index (χ0) is 28.2. The van der Waals surface area contributed by atoms with Crippen LogP contribution >= 0.6 is 0 Å². The second-order valence-electron chi connectivity index (χ2n) is 10.3. The summed E-state index contributed by atoms with van der Waals surface area (Å²) in [6.45, 7) is 16.4. The number of aryl methyl sites for hydroxylation is 2. The number of fused-ring (bicyclic) bond motifs is 3. The normalized spacial score (nSPS) is 12.4. The first-order valence-corrected chi connectivity index (χ1v) is 13.9. The molecule has 0 heteroatoms. The molecule has 0 aliphatic heterocycles. The van der Waals surface area contributed by atoms with Crippen molar-refractivity contribution in [2.24, 2.45) is 0 Å². The Labute approximate surface area is 239 Å². The smallest absolute Gasteiger partial charge is 0.00203 e. The molecular weight excluding hydrogens is 480 g/mol. The Morgan fingerprint density at radius 2 is 1.05 bits per heavy atom. The molecule has 0 heterocycles. The van der Waals surface area contributed by atoms with E-state index in [4.69, 9.17) is 0 Å². The minimum absolute atomic E-state index is 1.06.